The molecule has 7 heteroatoms. The van der Waals surface area contributed by atoms with Crippen molar-refractivity contribution in [2.75, 3.05) is 18.5 Å². The topological polar surface area (TPSA) is 92.1 Å². The third-order valence-electron chi connectivity index (χ3n) is 3.66. The van der Waals surface area contributed by atoms with Crippen LogP contribution in [0.4, 0.5) is 17.1 Å². The van der Waals surface area contributed by atoms with Crippen LogP contribution >= 0.6 is 0 Å². The molecule has 0 saturated carbocycles. The zero-order valence-electron chi connectivity index (χ0n) is 15.7. The third-order valence-corrected chi connectivity index (χ3v) is 3.66. The molecular weight excluding hydrogens is 344 g/mol. The first-order chi connectivity index (χ1) is 12.9. The first kappa shape index (κ1) is 20.3. The molecule has 142 valence electrons. The van der Waals surface area contributed by atoms with Crippen LogP contribution in [0, 0.1) is 0 Å². The van der Waals surface area contributed by atoms with E-state index in [9.17, 15) is 9.59 Å². The first-order valence-corrected chi connectivity index (χ1v) is 8.69. The van der Waals surface area contributed by atoms with Gasteiger partial charge in [0.25, 0.3) is 0 Å². The van der Waals surface area contributed by atoms with E-state index in [-0.39, 0.29) is 12.5 Å². The molecule has 2 aromatic carbocycles. The highest BCUT2D eigenvalue weighted by molar-refractivity contribution is 5.93. The molecule has 0 aliphatic carbocycles. The molecule has 0 fully saturated rings. The number of amides is 1. The maximum Gasteiger partial charge on any atom is 0.325 e. The molecule has 0 radical (unpaired) electrons. The minimum absolute atomic E-state index is 0.0126. The summed E-state index contributed by atoms with van der Waals surface area (Å²) >= 11 is 0. The summed E-state index contributed by atoms with van der Waals surface area (Å²) in [6, 6.07) is 16.4. The predicted octanol–water partition coefficient (Wildman–Crippen LogP) is 3.97. The van der Waals surface area contributed by atoms with Gasteiger partial charge in [-0.1, -0.05) is 18.2 Å². The fraction of sp³-hybridized carbons (Fsp3) is 0.300. The molecule has 2 aromatic rings. The molecular formula is C20H24N4O3. The molecule has 0 spiro atoms. The fourth-order valence-electron chi connectivity index (χ4n) is 2.11. The van der Waals surface area contributed by atoms with E-state index in [1.165, 1.54) is 0 Å². The molecule has 7 nitrogen and oxygen atoms in total. The number of benzene rings is 2. The zero-order valence-corrected chi connectivity index (χ0v) is 15.7. The number of ether oxygens (including phenoxy) is 1. The van der Waals surface area contributed by atoms with Crippen molar-refractivity contribution in [1.29, 1.82) is 0 Å². The molecule has 0 aliphatic heterocycles. The Morgan fingerprint density at radius 2 is 1.56 bits per heavy atom. The lowest BCUT2D eigenvalue weighted by Gasteiger charge is -2.23. The standard InChI is InChI=1S/C20H24N4O3/c1-4-27-19(26)20(2,3)21-14-18(25)22-15-10-12-17(13-11-15)24-23-16-8-6-5-7-9-16/h5-13,21H,4,14H2,1-3H3,(H,22,25). The van der Waals surface area contributed by atoms with Crippen molar-refractivity contribution >= 4 is 28.9 Å². The zero-order chi connectivity index (χ0) is 19.7. The van der Waals surface area contributed by atoms with Crippen molar-refractivity contribution in [2.24, 2.45) is 10.2 Å². The molecule has 0 bridgehead atoms. The quantitative estimate of drug-likeness (QED) is 0.545. The van der Waals surface area contributed by atoms with Crippen molar-refractivity contribution in [3.8, 4) is 0 Å². The summed E-state index contributed by atoms with van der Waals surface area (Å²) < 4.78 is 4.97. The summed E-state index contributed by atoms with van der Waals surface area (Å²) in [7, 11) is 0. The van der Waals surface area contributed by atoms with Crippen LogP contribution in [0.25, 0.3) is 0 Å². The van der Waals surface area contributed by atoms with E-state index >= 15 is 0 Å². The van der Waals surface area contributed by atoms with Gasteiger partial charge in [-0.05, 0) is 57.2 Å². The Balaban J connectivity index is 1.86. The predicted molar refractivity (Wildman–Crippen MR) is 104 cm³/mol. The fourth-order valence-corrected chi connectivity index (χ4v) is 2.11. The second kappa shape index (κ2) is 9.59. The lowest BCUT2D eigenvalue weighted by molar-refractivity contribution is -0.149. The summed E-state index contributed by atoms with van der Waals surface area (Å²) in [5.74, 6) is -0.656. The van der Waals surface area contributed by atoms with Gasteiger partial charge in [-0.2, -0.15) is 10.2 Å². The summed E-state index contributed by atoms with van der Waals surface area (Å²) in [5.41, 5.74) is 1.15. The van der Waals surface area contributed by atoms with E-state index < -0.39 is 11.5 Å². The van der Waals surface area contributed by atoms with E-state index in [4.69, 9.17) is 4.74 Å². The van der Waals surface area contributed by atoms with Crippen LogP contribution in [0.2, 0.25) is 0 Å². The second-order valence-electron chi connectivity index (χ2n) is 6.33. The van der Waals surface area contributed by atoms with Gasteiger partial charge >= 0.3 is 5.97 Å². The van der Waals surface area contributed by atoms with Gasteiger partial charge in [-0.15, -0.1) is 0 Å². The van der Waals surface area contributed by atoms with E-state index in [1.54, 1.807) is 45.0 Å². The number of azo groups is 1. The number of carbonyl (C=O) groups excluding carboxylic acids is 2. The van der Waals surface area contributed by atoms with Gasteiger partial charge in [-0.3, -0.25) is 14.9 Å². The van der Waals surface area contributed by atoms with Gasteiger partial charge in [0, 0.05) is 5.69 Å². The van der Waals surface area contributed by atoms with Crippen LogP contribution in [0.1, 0.15) is 20.8 Å². The van der Waals surface area contributed by atoms with Crippen molar-refractivity contribution < 1.29 is 14.3 Å². The van der Waals surface area contributed by atoms with Gasteiger partial charge < -0.3 is 10.1 Å². The minimum Gasteiger partial charge on any atom is -0.465 e. The SMILES string of the molecule is CCOC(=O)C(C)(C)NCC(=O)Nc1ccc(N=Nc2ccccc2)cc1. The lowest BCUT2D eigenvalue weighted by atomic mass is 10.1. The van der Waals surface area contributed by atoms with Gasteiger partial charge in [0.05, 0.1) is 24.5 Å². The van der Waals surface area contributed by atoms with Crippen molar-refractivity contribution in [3.05, 3.63) is 54.6 Å². The smallest absolute Gasteiger partial charge is 0.325 e. The average Bonchev–Trinajstić information content (AvgIpc) is 2.67. The number of carbonyl (C=O) groups is 2. The van der Waals surface area contributed by atoms with E-state index in [0.29, 0.717) is 18.0 Å². The average molecular weight is 368 g/mol. The number of hydrogen-bond donors (Lipinski definition) is 2. The van der Waals surface area contributed by atoms with Crippen molar-refractivity contribution in [2.45, 2.75) is 26.3 Å². The molecule has 1 amide bonds. The molecule has 0 aliphatic rings. The number of nitrogens with zero attached hydrogens (tertiary/aromatic N) is 2. The van der Waals surface area contributed by atoms with Gasteiger partial charge in [0.15, 0.2) is 0 Å². The maximum absolute atomic E-state index is 12.1. The Morgan fingerprint density at radius 3 is 2.15 bits per heavy atom. The highest BCUT2D eigenvalue weighted by Crippen LogP contribution is 2.20. The van der Waals surface area contributed by atoms with Crippen molar-refractivity contribution in [1.82, 2.24) is 5.32 Å². The van der Waals surface area contributed by atoms with Crippen LogP contribution in [0.5, 0.6) is 0 Å². The normalized spacial score (nSPS) is 11.4. The highest BCUT2D eigenvalue weighted by atomic mass is 16.5. The largest absolute Gasteiger partial charge is 0.465 e. The molecule has 0 atom stereocenters. The van der Waals surface area contributed by atoms with Gasteiger partial charge in [0.1, 0.15) is 5.54 Å². The van der Waals surface area contributed by atoms with E-state index in [2.05, 4.69) is 20.9 Å². The van der Waals surface area contributed by atoms with E-state index in [1.807, 2.05) is 30.3 Å². The van der Waals surface area contributed by atoms with Crippen LogP contribution in [0.15, 0.2) is 64.8 Å². The number of nitrogens with one attached hydrogen (secondary N) is 2. The second-order valence-corrected chi connectivity index (χ2v) is 6.33. The minimum atomic E-state index is -0.935. The molecule has 27 heavy (non-hydrogen) atoms. The van der Waals surface area contributed by atoms with Crippen LogP contribution in [-0.4, -0.2) is 30.6 Å². The first-order valence-electron chi connectivity index (χ1n) is 8.69. The molecule has 0 aromatic heterocycles. The van der Waals surface area contributed by atoms with Crippen LogP contribution in [-0.2, 0) is 14.3 Å². The lowest BCUT2D eigenvalue weighted by Crippen LogP contribution is -2.50. The summed E-state index contributed by atoms with van der Waals surface area (Å²) in [5, 5.41) is 13.9. The van der Waals surface area contributed by atoms with Crippen LogP contribution in [0.3, 0.4) is 0 Å². The van der Waals surface area contributed by atoms with E-state index in [0.717, 1.165) is 5.69 Å². The monoisotopic (exact) mass is 368 g/mol. The number of anilines is 1. The summed E-state index contributed by atoms with van der Waals surface area (Å²) in [6.45, 7) is 5.37. The molecule has 0 unspecified atom stereocenters. The molecule has 0 heterocycles. The Bertz CT molecular complexity index is 787. The Morgan fingerprint density at radius 1 is 0.963 bits per heavy atom. The van der Waals surface area contributed by atoms with Crippen LogP contribution < -0.4 is 10.6 Å². The Hall–Kier alpha value is -3.06. The molecule has 2 rings (SSSR count). The summed E-state index contributed by atoms with van der Waals surface area (Å²) in [6.07, 6.45) is 0. The third kappa shape index (κ3) is 6.63. The number of esters is 1. The molecule has 2 N–H and O–H groups in total. The summed E-state index contributed by atoms with van der Waals surface area (Å²) in [4.78, 5) is 23.9. The van der Waals surface area contributed by atoms with Crippen molar-refractivity contribution in [3.63, 3.8) is 0 Å². The Labute approximate surface area is 158 Å². The van der Waals surface area contributed by atoms with Gasteiger partial charge in [0.2, 0.25) is 5.91 Å². The Kier molecular flexibility index (Phi) is 7.19. The van der Waals surface area contributed by atoms with Gasteiger partial charge in [-0.25, -0.2) is 0 Å². The molecule has 0 saturated heterocycles. The number of hydrogen-bond acceptors (Lipinski definition) is 6. The number of rotatable bonds is 8. The maximum atomic E-state index is 12.1. The highest BCUT2D eigenvalue weighted by Gasteiger charge is 2.29.